The molecule has 0 N–H and O–H groups in total. The molecule has 0 amide bonds. The minimum Gasteiger partial charge on any atom is -0.348 e. The lowest BCUT2D eigenvalue weighted by molar-refractivity contribution is -0.207. The Morgan fingerprint density at radius 3 is 1.97 bits per heavy atom. The lowest BCUT2D eigenvalue weighted by atomic mass is 9.97. The van der Waals surface area contributed by atoms with Crippen molar-refractivity contribution in [2.24, 2.45) is 5.92 Å². The second-order valence-electron chi connectivity index (χ2n) is 10.7. The van der Waals surface area contributed by atoms with Crippen LogP contribution in [0.2, 0.25) is 0 Å². The highest BCUT2D eigenvalue weighted by Gasteiger charge is 2.25. The Labute approximate surface area is 231 Å². The molecule has 39 heavy (non-hydrogen) atoms. The molecule has 2 nitrogen and oxygen atoms in total. The molecule has 0 saturated carbocycles. The highest BCUT2D eigenvalue weighted by molar-refractivity contribution is 5.71. The van der Waals surface area contributed by atoms with Crippen molar-refractivity contribution in [2.45, 2.75) is 84.3 Å². The van der Waals surface area contributed by atoms with Crippen LogP contribution < -0.4 is 0 Å². The summed E-state index contributed by atoms with van der Waals surface area (Å²) in [5.74, 6) is -1.60. The highest BCUT2D eigenvalue weighted by atomic mass is 19.2. The van der Waals surface area contributed by atoms with E-state index < -0.39 is 17.9 Å². The second kappa shape index (κ2) is 14.7. The van der Waals surface area contributed by atoms with Gasteiger partial charge in [0.25, 0.3) is 0 Å². The van der Waals surface area contributed by atoms with Gasteiger partial charge in [0.05, 0.1) is 13.2 Å². The molecule has 0 unspecified atom stereocenters. The van der Waals surface area contributed by atoms with Crippen LogP contribution in [0.15, 0.2) is 54.6 Å². The summed E-state index contributed by atoms with van der Waals surface area (Å²) >= 11 is 0. The first-order valence-electron chi connectivity index (χ1n) is 14.6. The molecule has 1 saturated heterocycles. The summed E-state index contributed by atoms with van der Waals surface area (Å²) in [6, 6.07) is 15.5. The van der Waals surface area contributed by atoms with Gasteiger partial charge < -0.3 is 9.47 Å². The van der Waals surface area contributed by atoms with Crippen LogP contribution in [0, 0.1) is 23.4 Å². The van der Waals surface area contributed by atoms with Crippen molar-refractivity contribution in [3.05, 3.63) is 83.2 Å². The maximum absolute atomic E-state index is 15.0. The zero-order valence-corrected chi connectivity index (χ0v) is 23.3. The van der Waals surface area contributed by atoms with Crippen molar-refractivity contribution in [2.75, 3.05) is 13.2 Å². The predicted octanol–water partition coefficient (Wildman–Crippen LogP) is 10.2. The fraction of sp³-hybridized carbons (Fsp3) is 0.471. The summed E-state index contributed by atoms with van der Waals surface area (Å²) in [5.41, 5.74) is 3.12. The van der Waals surface area contributed by atoms with Crippen LogP contribution in [-0.2, 0) is 15.9 Å². The Morgan fingerprint density at radius 2 is 1.31 bits per heavy atom. The number of benzene rings is 3. The average molecular weight is 539 g/mol. The Kier molecular flexibility index (Phi) is 11.0. The quantitative estimate of drug-likeness (QED) is 0.202. The van der Waals surface area contributed by atoms with E-state index in [-0.39, 0.29) is 11.4 Å². The third-order valence-electron chi connectivity index (χ3n) is 7.66. The van der Waals surface area contributed by atoms with E-state index >= 15 is 0 Å². The fourth-order valence-corrected chi connectivity index (χ4v) is 5.32. The molecule has 0 radical (unpaired) electrons. The van der Waals surface area contributed by atoms with Crippen molar-refractivity contribution in [1.82, 2.24) is 0 Å². The van der Waals surface area contributed by atoms with Gasteiger partial charge in [-0.15, -0.1) is 0 Å². The summed E-state index contributed by atoms with van der Waals surface area (Å²) < 4.78 is 56.3. The molecule has 0 aromatic heterocycles. The molecule has 1 aliphatic heterocycles. The van der Waals surface area contributed by atoms with Crippen LogP contribution in [0.3, 0.4) is 0 Å². The first-order valence-corrected chi connectivity index (χ1v) is 14.6. The summed E-state index contributed by atoms with van der Waals surface area (Å²) in [6.45, 7) is 5.46. The Morgan fingerprint density at radius 1 is 0.667 bits per heavy atom. The van der Waals surface area contributed by atoms with Gasteiger partial charge in [0.1, 0.15) is 5.82 Å². The van der Waals surface area contributed by atoms with E-state index in [1.54, 1.807) is 42.5 Å². The van der Waals surface area contributed by atoms with E-state index in [1.165, 1.54) is 31.7 Å². The Balaban J connectivity index is 1.38. The molecular weight excluding hydrogens is 497 g/mol. The molecule has 0 atom stereocenters. The number of unbranched alkanes of at least 4 members (excludes halogenated alkanes) is 6. The summed E-state index contributed by atoms with van der Waals surface area (Å²) in [5, 5.41) is 0. The molecule has 210 valence electrons. The molecule has 1 fully saturated rings. The SMILES string of the molecule is CCCCCCCCCc1ccc(-c2ccc(-c3ccc(C4OCC(CCC)CO4)c(F)c3)cc2)c(F)c1F. The molecule has 1 heterocycles. The number of halogens is 3. The van der Waals surface area contributed by atoms with Crippen molar-refractivity contribution in [3.63, 3.8) is 0 Å². The van der Waals surface area contributed by atoms with Gasteiger partial charge in [-0.1, -0.05) is 107 Å². The van der Waals surface area contributed by atoms with Gasteiger partial charge >= 0.3 is 0 Å². The zero-order chi connectivity index (χ0) is 27.6. The van der Waals surface area contributed by atoms with Crippen molar-refractivity contribution in [1.29, 1.82) is 0 Å². The number of hydrogen-bond donors (Lipinski definition) is 0. The largest absolute Gasteiger partial charge is 0.348 e. The molecule has 4 rings (SSSR count). The maximum Gasteiger partial charge on any atom is 0.186 e. The first-order chi connectivity index (χ1) is 19.0. The predicted molar refractivity (Wildman–Crippen MR) is 152 cm³/mol. The number of rotatable bonds is 13. The van der Waals surface area contributed by atoms with Crippen molar-refractivity contribution < 1.29 is 22.6 Å². The van der Waals surface area contributed by atoms with Crippen molar-refractivity contribution >= 4 is 0 Å². The van der Waals surface area contributed by atoms with Crippen molar-refractivity contribution in [3.8, 4) is 22.3 Å². The monoisotopic (exact) mass is 538 g/mol. The maximum atomic E-state index is 15.0. The number of aryl methyl sites for hydroxylation is 1. The molecule has 1 aliphatic rings. The normalized spacial score (nSPS) is 17.5. The van der Waals surface area contributed by atoms with Crippen LogP contribution in [-0.4, -0.2) is 13.2 Å². The van der Waals surface area contributed by atoms with Crippen LogP contribution in [0.25, 0.3) is 22.3 Å². The lowest BCUT2D eigenvalue weighted by Gasteiger charge is -2.29. The van der Waals surface area contributed by atoms with E-state index in [4.69, 9.17) is 9.47 Å². The third-order valence-corrected chi connectivity index (χ3v) is 7.66. The minimum absolute atomic E-state index is 0.233. The van der Waals surface area contributed by atoms with E-state index in [0.717, 1.165) is 37.7 Å². The average Bonchev–Trinajstić information content (AvgIpc) is 2.95. The lowest BCUT2D eigenvalue weighted by Crippen LogP contribution is -2.27. The van der Waals surface area contributed by atoms with E-state index in [0.29, 0.717) is 47.8 Å². The van der Waals surface area contributed by atoms with Gasteiger partial charge in [-0.25, -0.2) is 13.2 Å². The first kappa shape index (κ1) is 29.4. The van der Waals surface area contributed by atoms with E-state index in [9.17, 15) is 13.2 Å². The van der Waals surface area contributed by atoms with E-state index in [1.807, 2.05) is 6.07 Å². The van der Waals surface area contributed by atoms with Gasteiger partial charge in [0, 0.05) is 17.0 Å². The Bertz CT molecular complexity index is 1180. The van der Waals surface area contributed by atoms with E-state index in [2.05, 4.69) is 13.8 Å². The topological polar surface area (TPSA) is 18.5 Å². The minimum atomic E-state index is -0.813. The Hall–Kier alpha value is -2.63. The van der Waals surface area contributed by atoms with Gasteiger partial charge in [-0.3, -0.25) is 0 Å². The zero-order valence-electron chi connectivity index (χ0n) is 23.3. The number of ether oxygens (including phenoxy) is 2. The number of hydrogen-bond acceptors (Lipinski definition) is 2. The third kappa shape index (κ3) is 7.73. The summed E-state index contributed by atoms with van der Waals surface area (Å²) in [4.78, 5) is 0. The van der Waals surface area contributed by atoms with Gasteiger partial charge in [0.2, 0.25) is 0 Å². The molecule has 0 aliphatic carbocycles. The van der Waals surface area contributed by atoms with Gasteiger partial charge in [-0.2, -0.15) is 0 Å². The molecule has 0 bridgehead atoms. The highest BCUT2D eigenvalue weighted by Crippen LogP contribution is 2.33. The molecule has 0 spiro atoms. The standard InChI is InChI=1S/C34H41F3O2/c1-3-5-6-7-8-9-10-12-27-17-19-29(33(37)32(27)36)26-15-13-25(14-16-26)28-18-20-30(31(35)21-28)34-38-22-24(11-4-2)23-39-34/h13-21,24,34H,3-12,22-23H2,1-2H3. The van der Waals surface area contributed by atoms with Gasteiger partial charge in [0.15, 0.2) is 17.9 Å². The van der Waals surface area contributed by atoms with Crippen LogP contribution in [0.1, 0.15) is 89.1 Å². The molecule has 5 heteroatoms. The molecule has 3 aromatic rings. The summed E-state index contributed by atoms with van der Waals surface area (Å²) in [6.07, 6.45) is 9.93. The molecular formula is C34H41F3O2. The van der Waals surface area contributed by atoms with Crippen LogP contribution in [0.5, 0.6) is 0 Å². The fourth-order valence-electron chi connectivity index (χ4n) is 5.32. The molecule has 3 aromatic carbocycles. The summed E-state index contributed by atoms with van der Waals surface area (Å²) in [7, 11) is 0. The van der Waals surface area contributed by atoms with Crippen LogP contribution in [0.4, 0.5) is 13.2 Å². The van der Waals surface area contributed by atoms with Crippen LogP contribution >= 0.6 is 0 Å². The van der Waals surface area contributed by atoms with Gasteiger partial charge in [-0.05, 0) is 47.6 Å². The smallest absolute Gasteiger partial charge is 0.186 e. The second-order valence-corrected chi connectivity index (χ2v) is 10.7.